The van der Waals surface area contributed by atoms with E-state index in [1.54, 1.807) is 0 Å². The Morgan fingerprint density at radius 3 is 2.69 bits per heavy atom. The maximum Gasteiger partial charge on any atom is 0.0613 e. The first-order chi connectivity index (χ1) is 7.64. The normalized spacial score (nSPS) is 31.3. The SMILES string of the molecule is CC(CC1CCCO1)NC(C)(CO)C1CC1. The van der Waals surface area contributed by atoms with Gasteiger partial charge in [-0.05, 0) is 51.9 Å². The molecule has 1 saturated carbocycles. The molecule has 0 aromatic carbocycles. The summed E-state index contributed by atoms with van der Waals surface area (Å²) in [6.45, 7) is 5.53. The van der Waals surface area contributed by atoms with Crippen molar-refractivity contribution in [1.29, 1.82) is 0 Å². The first-order valence-corrected chi connectivity index (χ1v) is 6.64. The molecule has 94 valence electrons. The van der Waals surface area contributed by atoms with E-state index in [-0.39, 0.29) is 12.1 Å². The smallest absolute Gasteiger partial charge is 0.0613 e. The molecule has 1 heterocycles. The van der Waals surface area contributed by atoms with E-state index in [1.807, 2.05) is 0 Å². The van der Waals surface area contributed by atoms with E-state index in [2.05, 4.69) is 19.2 Å². The van der Waals surface area contributed by atoms with Crippen molar-refractivity contribution in [2.24, 2.45) is 5.92 Å². The van der Waals surface area contributed by atoms with Crippen molar-refractivity contribution in [2.45, 2.75) is 63.6 Å². The van der Waals surface area contributed by atoms with Crippen molar-refractivity contribution in [1.82, 2.24) is 5.32 Å². The van der Waals surface area contributed by atoms with E-state index in [0.29, 0.717) is 18.1 Å². The Balaban J connectivity index is 1.78. The van der Waals surface area contributed by atoms with Gasteiger partial charge in [-0.15, -0.1) is 0 Å². The van der Waals surface area contributed by atoms with Crippen LogP contribution >= 0.6 is 0 Å². The Morgan fingerprint density at radius 2 is 2.19 bits per heavy atom. The van der Waals surface area contributed by atoms with Crippen LogP contribution in [0.2, 0.25) is 0 Å². The molecule has 2 aliphatic rings. The van der Waals surface area contributed by atoms with Crippen LogP contribution < -0.4 is 5.32 Å². The molecule has 1 saturated heterocycles. The Labute approximate surface area is 98.6 Å². The molecule has 3 unspecified atom stereocenters. The average Bonchev–Trinajstić information content (AvgIpc) is 3.00. The third-order valence-electron chi connectivity index (χ3n) is 4.02. The van der Waals surface area contributed by atoms with E-state index in [4.69, 9.17) is 4.74 Å². The highest BCUT2D eigenvalue weighted by molar-refractivity contribution is 4.98. The Hall–Kier alpha value is -0.120. The zero-order valence-electron chi connectivity index (χ0n) is 10.5. The molecule has 3 heteroatoms. The van der Waals surface area contributed by atoms with Gasteiger partial charge in [-0.1, -0.05) is 0 Å². The fourth-order valence-electron chi connectivity index (χ4n) is 2.86. The molecule has 2 N–H and O–H groups in total. The first kappa shape index (κ1) is 12.3. The monoisotopic (exact) mass is 227 g/mol. The van der Waals surface area contributed by atoms with Crippen LogP contribution in [0.4, 0.5) is 0 Å². The van der Waals surface area contributed by atoms with E-state index in [1.165, 1.54) is 25.7 Å². The van der Waals surface area contributed by atoms with Gasteiger partial charge in [-0.2, -0.15) is 0 Å². The van der Waals surface area contributed by atoms with Crippen LogP contribution in [0.15, 0.2) is 0 Å². The maximum atomic E-state index is 9.51. The topological polar surface area (TPSA) is 41.5 Å². The van der Waals surface area contributed by atoms with Gasteiger partial charge in [0.15, 0.2) is 0 Å². The number of ether oxygens (including phenoxy) is 1. The molecule has 2 rings (SSSR count). The second-order valence-corrected chi connectivity index (χ2v) is 5.77. The van der Waals surface area contributed by atoms with Gasteiger partial charge in [0.1, 0.15) is 0 Å². The fourth-order valence-corrected chi connectivity index (χ4v) is 2.86. The number of rotatable bonds is 6. The lowest BCUT2D eigenvalue weighted by atomic mass is 9.94. The van der Waals surface area contributed by atoms with Crippen molar-refractivity contribution in [3.63, 3.8) is 0 Å². The zero-order valence-corrected chi connectivity index (χ0v) is 10.5. The van der Waals surface area contributed by atoms with Crippen LogP contribution in [0.5, 0.6) is 0 Å². The summed E-state index contributed by atoms with van der Waals surface area (Å²) >= 11 is 0. The largest absolute Gasteiger partial charge is 0.394 e. The molecule has 3 nitrogen and oxygen atoms in total. The molecule has 16 heavy (non-hydrogen) atoms. The van der Waals surface area contributed by atoms with Crippen molar-refractivity contribution in [3.8, 4) is 0 Å². The standard InChI is InChI=1S/C13H25NO2/c1-10(8-12-4-3-7-16-12)14-13(2,9-15)11-5-6-11/h10-12,14-15H,3-9H2,1-2H3. The van der Waals surface area contributed by atoms with E-state index >= 15 is 0 Å². The summed E-state index contributed by atoms with van der Waals surface area (Å²) in [5.74, 6) is 0.671. The van der Waals surface area contributed by atoms with Gasteiger partial charge in [0.25, 0.3) is 0 Å². The second kappa shape index (κ2) is 5.03. The van der Waals surface area contributed by atoms with Crippen LogP contribution in [0, 0.1) is 5.92 Å². The lowest BCUT2D eigenvalue weighted by Gasteiger charge is -2.33. The molecule has 3 atom stereocenters. The van der Waals surface area contributed by atoms with Gasteiger partial charge in [0.05, 0.1) is 12.7 Å². The predicted molar refractivity (Wildman–Crippen MR) is 64.4 cm³/mol. The summed E-state index contributed by atoms with van der Waals surface area (Å²) in [5, 5.41) is 13.1. The quantitative estimate of drug-likeness (QED) is 0.725. The van der Waals surface area contributed by atoms with Gasteiger partial charge >= 0.3 is 0 Å². The van der Waals surface area contributed by atoms with E-state index in [9.17, 15) is 5.11 Å². The van der Waals surface area contributed by atoms with E-state index in [0.717, 1.165) is 13.0 Å². The summed E-state index contributed by atoms with van der Waals surface area (Å²) < 4.78 is 5.65. The molecule has 0 radical (unpaired) electrons. The minimum atomic E-state index is -0.0714. The highest BCUT2D eigenvalue weighted by Gasteiger charge is 2.41. The first-order valence-electron chi connectivity index (χ1n) is 6.64. The second-order valence-electron chi connectivity index (χ2n) is 5.77. The number of aliphatic hydroxyl groups excluding tert-OH is 1. The van der Waals surface area contributed by atoms with Crippen molar-refractivity contribution in [2.75, 3.05) is 13.2 Å². The Kier molecular flexibility index (Phi) is 3.88. The third-order valence-corrected chi connectivity index (χ3v) is 4.02. The van der Waals surface area contributed by atoms with Crippen LogP contribution in [0.3, 0.4) is 0 Å². The summed E-state index contributed by atoms with van der Waals surface area (Å²) in [4.78, 5) is 0. The number of nitrogens with one attached hydrogen (secondary N) is 1. The molecular formula is C13H25NO2. The molecule has 0 aromatic rings. The number of aliphatic hydroxyl groups is 1. The van der Waals surface area contributed by atoms with Gasteiger partial charge in [-0.3, -0.25) is 0 Å². The van der Waals surface area contributed by atoms with Crippen molar-refractivity contribution in [3.05, 3.63) is 0 Å². The average molecular weight is 227 g/mol. The minimum Gasteiger partial charge on any atom is -0.394 e. The lowest BCUT2D eigenvalue weighted by Crippen LogP contribution is -2.52. The van der Waals surface area contributed by atoms with Crippen LogP contribution in [0.1, 0.15) is 46.0 Å². The molecule has 1 aliphatic carbocycles. The summed E-state index contributed by atoms with van der Waals surface area (Å²) in [7, 11) is 0. The van der Waals surface area contributed by atoms with Crippen molar-refractivity contribution >= 4 is 0 Å². The van der Waals surface area contributed by atoms with Crippen LogP contribution in [0.25, 0.3) is 0 Å². The maximum absolute atomic E-state index is 9.51. The van der Waals surface area contributed by atoms with Crippen LogP contribution in [-0.2, 0) is 4.74 Å². The zero-order chi connectivity index (χ0) is 11.6. The highest BCUT2D eigenvalue weighted by atomic mass is 16.5. The molecule has 0 spiro atoms. The molecule has 0 amide bonds. The Morgan fingerprint density at radius 1 is 1.44 bits per heavy atom. The molecule has 1 aliphatic heterocycles. The number of hydrogen-bond acceptors (Lipinski definition) is 3. The van der Waals surface area contributed by atoms with Gasteiger partial charge in [0, 0.05) is 18.2 Å². The summed E-state index contributed by atoms with van der Waals surface area (Å²) in [5.41, 5.74) is -0.0714. The molecular weight excluding hydrogens is 202 g/mol. The molecule has 2 fully saturated rings. The van der Waals surface area contributed by atoms with Gasteiger partial charge in [-0.25, -0.2) is 0 Å². The summed E-state index contributed by atoms with van der Waals surface area (Å²) in [6, 6.07) is 0.431. The fraction of sp³-hybridized carbons (Fsp3) is 1.00. The summed E-state index contributed by atoms with van der Waals surface area (Å²) in [6.07, 6.45) is 6.43. The Bertz CT molecular complexity index is 224. The molecule has 0 bridgehead atoms. The van der Waals surface area contributed by atoms with Crippen LogP contribution in [-0.4, -0.2) is 36.0 Å². The minimum absolute atomic E-state index is 0.0714. The molecule has 0 aromatic heterocycles. The van der Waals surface area contributed by atoms with E-state index < -0.39 is 0 Å². The van der Waals surface area contributed by atoms with Crippen molar-refractivity contribution < 1.29 is 9.84 Å². The van der Waals surface area contributed by atoms with Gasteiger partial charge in [0.2, 0.25) is 0 Å². The predicted octanol–water partition coefficient (Wildman–Crippen LogP) is 1.69. The third kappa shape index (κ3) is 2.96. The number of hydrogen-bond donors (Lipinski definition) is 2. The lowest BCUT2D eigenvalue weighted by molar-refractivity contribution is 0.0830. The highest BCUT2D eigenvalue weighted by Crippen LogP contribution is 2.39. The van der Waals surface area contributed by atoms with Gasteiger partial charge < -0.3 is 15.2 Å².